The molecule has 2 rings (SSSR count). The first kappa shape index (κ1) is 12.8. The van der Waals surface area contributed by atoms with E-state index in [1.807, 2.05) is 0 Å². The van der Waals surface area contributed by atoms with Gasteiger partial charge in [-0.15, -0.1) is 0 Å². The molecule has 4 unspecified atom stereocenters. The van der Waals surface area contributed by atoms with E-state index in [1.165, 1.54) is 6.42 Å². The maximum atomic E-state index is 11.4. The highest BCUT2D eigenvalue weighted by Crippen LogP contribution is 2.28. The Bertz CT molecular complexity index is 282. The predicted molar refractivity (Wildman–Crippen MR) is 68.5 cm³/mol. The van der Waals surface area contributed by atoms with Gasteiger partial charge in [0.05, 0.1) is 5.92 Å². The highest BCUT2D eigenvalue weighted by Gasteiger charge is 2.37. The molecule has 3 N–H and O–H groups in total. The molecule has 0 radical (unpaired) electrons. The highest BCUT2D eigenvalue weighted by molar-refractivity contribution is 5.77. The number of nitrogens with zero attached hydrogens (tertiary/aromatic N) is 1. The van der Waals surface area contributed by atoms with Gasteiger partial charge in [-0.25, -0.2) is 0 Å². The molecule has 2 aliphatic heterocycles. The lowest BCUT2D eigenvalue weighted by Crippen LogP contribution is -2.52. The minimum absolute atomic E-state index is 0.0595. The Labute approximate surface area is 104 Å². The van der Waals surface area contributed by atoms with Crippen molar-refractivity contribution in [3.63, 3.8) is 0 Å². The lowest BCUT2D eigenvalue weighted by Gasteiger charge is -2.42. The summed E-state index contributed by atoms with van der Waals surface area (Å²) in [7, 11) is 0. The Hall–Kier alpha value is -0.610. The first-order valence-corrected chi connectivity index (χ1v) is 6.89. The van der Waals surface area contributed by atoms with E-state index in [0.717, 1.165) is 38.4 Å². The van der Waals surface area contributed by atoms with Crippen molar-refractivity contribution in [2.45, 2.75) is 45.2 Å². The molecule has 2 saturated heterocycles. The van der Waals surface area contributed by atoms with Gasteiger partial charge in [-0.1, -0.05) is 13.3 Å². The second-order valence-electron chi connectivity index (χ2n) is 5.62. The fraction of sp³-hybridized carbons (Fsp3) is 0.923. The molecule has 0 aliphatic carbocycles. The van der Waals surface area contributed by atoms with Gasteiger partial charge in [0.25, 0.3) is 0 Å². The third-order valence-electron chi connectivity index (χ3n) is 4.59. The molecule has 4 nitrogen and oxygen atoms in total. The zero-order valence-corrected chi connectivity index (χ0v) is 11.0. The van der Waals surface area contributed by atoms with Crippen LogP contribution in [0.1, 0.15) is 33.1 Å². The number of piperidine rings is 1. The van der Waals surface area contributed by atoms with Crippen LogP contribution in [0.5, 0.6) is 0 Å². The summed E-state index contributed by atoms with van der Waals surface area (Å²) in [6.07, 6.45) is 3.27. The first-order chi connectivity index (χ1) is 8.13. The van der Waals surface area contributed by atoms with Crippen molar-refractivity contribution in [1.29, 1.82) is 0 Å². The fourth-order valence-electron chi connectivity index (χ4n) is 3.35. The second-order valence-corrected chi connectivity index (χ2v) is 5.62. The summed E-state index contributed by atoms with van der Waals surface area (Å²) in [6, 6.07) is 1.18. The topological polar surface area (TPSA) is 58.4 Å². The Balaban J connectivity index is 2.04. The van der Waals surface area contributed by atoms with Crippen molar-refractivity contribution in [2.24, 2.45) is 17.6 Å². The molecular formula is C13H25N3O. The lowest BCUT2D eigenvalue weighted by molar-refractivity contribution is -0.124. The zero-order chi connectivity index (χ0) is 12.4. The van der Waals surface area contributed by atoms with Crippen LogP contribution in [0.4, 0.5) is 0 Å². The minimum Gasteiger partial charge on any atom is -0.369 e. The van der Waals surface area contributed by atoms with Crippen LogP contribution in [0.3, 0.4) is 0 Å². The van der Waals surface area contributed by atoms with Gasteiger partial charge in [-0.05, 0) is 32.2 Å². The van der Waals surface area contributed by atoms with Gasteiger partial charge in [0, 0.05) is 25.2 Å². The van der Waals surface area contributed by atoms with Gasteiger partial charge in [0.1, 0.15) is 0 Å². The molecule has 0 bridgehead atoms. The van der Waals surface area contributed by atoms with Crippen LogP contribution < -0.4 is 11.1 Å². The summed E-state index contributed by atoms with van der Waals surface area (Å²) >= 11 is 0. The fourth-order valence-corrected chi connectivity index (χ4v) is 3.35. The number of nitrogens with one attached hydrogen (secondary N) is 1. The summed E-state index contributed by atoms with van der Waals surface area (Å²) < 4.78 is 0. The molecule has 4 heteroatoms. The van der Waals surface area contributed by atoms with Gasteiger partial charge in [0.2, 0.25) is 5.91 Å². The number of rotatable bonds is 3. The van der Waals surface area contributed by atoms with Gasteiger partial charge in [0.15, 0.2) is 0 Å². The minimum atomic E-state index is -0.124. The average molecular weight is 239 g/mol. The first-order valence-electron chi connectivity index (χ1n) is 6.89. The van der Waals surface area contributed by atoms with Crippen LogP contribution >= 0.6 is 0 Å². The van der Waals surface area contributed by atoms with Crippen molar-refractivity contribution in [3.05, 3.63) is 0 Å². The van der Waals surface area contributed by atoms with Crippen molar-refractivity contribution in [2.75, 3.05) is 19.6 Å². The summed E-state index contributed by atoms with van der Waals surface area (Å²) in [4.78, 5) is 13.9. The molecule has 0 aromatic heterocycles. The number of carbonyl (C=O) groups excluding carboxylic acids is 1. The van der Waals surface area contributed by atoms with Crippen LogP contribution in [-0.2, 0) is 4.79 Å². The number of nitrogens with two attached hydrogens (primary N) is 1. The maximum Gasteiger partial charge on any atom is 0.221 e. The highest BCUT2D eigenvalue weighted by atomic mass is 16.1. The molecule has 98 valence electrons. The average Bonchev–Trinajstić information content (AvgIpc) is 2.77. The largest absolute Gasteiger partial charge is 0.369 e. The number of hydrogen-bond donors (Lipinski definition) is 2. The molecule has 4 atom stereocenters. The Morgan fingerprint density at radius 2 is 2.18 bits per heavy atom. The molecule has 2 aliphatic rings. The van der Waals surface area contributed by atoms with Gasteiger partial charge in [-0.3, -0.25) is 9.69 Å². The smallest absolute Gasteiger partial charge is 0.221 e. The third-order valence-corrected chi connectivity index (χ3v) is 4.59. The summed E-state index contributed by atoms with van der Waals surface area (Å²) in [5, 5.41) is 3.48. The molecule has 0 saturated carbocycles. The Kier molecular flexibility index (Phi) is 4.05. The standard InChI is InChI=1S/C13H25N3O/c1-3-10-6-15-7-12(10)16-8-11(13(14)17)5-4-9(16)2/h9-12,15H,3-8H2,1-2H3,(H2,14,17). The summed E-state index contributed by atoms with van der Waals surface area (Å²) in [5.41, 5.74) is 5.46. The SMILES string of the molecule is CCC1CNCC1N1CC(C(N)=O)CCC1C. The maximum absolute atomic E-state index is 11.4. The number of amides is 1. The number of carbonyl (C=O) groups is 1. The van der Waals surface area contributed by atoms with Crippen molar-refractivity contribution >= 4 is 5.91 Å². The molecule has 0 aromatic rings. The van der Waals surface area contributed by atoms with Crippen LogP contribution in [0, 0.1) is 11.8 Å². The lowest BCUT2D eigenvalue weighted by atomic mass is 9.88. The van der Waals surface area contributed by atoms with Crippen LogP contribution in [0.15, 0.2) is 0 Å². The summed E-state index contributed by atoms with van der Waals surface area (Å²) in [6.45, 7) is 7.58. The van der Waals surface area contributed by atoms with Gasteiger partial charge >= 0.3 is 0 Å². The third kappa shape index (κ3) is 2.63. The Morgan fingerprint density at radius 1 is 1.41 bits per heavy atom. The van der Waals surface area contributed by atoms with Crippen LogP contribution in [-0.4, -0.2) is 42.5 Å². The van der Waals surface area contributed by atoms with E-state index >= 15 is 0 Å². The molecular weight excluding hydrogens is 214 g/mol. The van der Waals surface area contributed by atoms with E-state index in [0.29, 0.717) is 12.1 Å². The van der Waals surface area contributed by atoms with Crippen molar-refractivity contribution in [3.8, 4) is 0 Å². The van der Waals surface area contributed by atoms with E-state index in [4.69, 9.17) is 5.73 Å². The van der Waals surface area contributed by atoms with Crippen molar-refractivity contribution in [1.82, 2.24) is 10.2 Å². The van der Waals surface area contributed by atoms with Crippen LogP contribution in [0.25, 0.3) is 0 Å². The molecule has 17 heavy (non-hydrogen) atoms. The predicted octanol–water partition coefficient (Wildman–Crippen LogP) is 0.570. The van der Waals surface area contributed by atoms with Crippen molar-refractivity contribution < 1.29 is 4.79 Å². The van der Waals surface area contributed by atoms with Crippen LogP contribution in [0.2, 0.25) is 0 Å². The second kappa shape index (κ2) is 5.36. The molecule has 2 heterocycles. The van der Waals surface area contributed by atoms with Gasteiger partial charge < -0.3 is 11.1 Å². The normalized spacial score (nSPS) is 39.4. The quantitative estimate of drug-likeness (QED) is 0.757. The van der Waals surface area contributed by atoms with E-state index in [2.05, 4.69) is 24.1 Å². The zero-order valence-electron chi connectivity index (χ0n) is 11.0. The monoisotopic (exact) mass is 239 g/mol. The molecule has 2 fully saturated rings. The van der Waals surface area contributed by atoms with E-state index in [1.54, 1.807) is 0 Å². The Morgan fingerprint density at radius 3 is 2.82 bits per heavy atom. The van der Waals surface area contributed by atoms with Gasteiger partial charge in [-0.2, -0.15) is 0 Å². The molecule has 0 spiro atoms. The number of hydrogen-bond acceptors (Lipinski definition) is 3. The molecule has 1 amide bonds. The summed E-state index contributed by atoms with van der Waals surface area (Å²) in [5.74, 6) is 0.661. The number of likely N-dealkylation sites (tertiary alicyclic amines) is 1. The molecule has 0 aromatic carbocycles. The van der Waals surface area contributed by atoms with E-state index in [9.17, 15) is 4.79 Å². The number of primary amides is 1. The van der Waals surface area contributed by atoms with E-state index in [-0.39, 0.29) is 11.8 Å². The van der Waals surface area contributed by atoms with E-state index < -0.39 is 0 Å².